The van der Waals surface area contributed by atoms with Crippen molar-refractivity contribution in [2.75, 3.05) is 14.2 Å². The van der Waals surface area contributed by atoms with Gasteiger partial charge in [0.25, 0.3) is 11.6 Å². The molecule has 0 heterocycles. The minimum atomic E-state index is -0.738. The van der Waals surface area contributed by atoms with Crippen LogP contribution in [0.4, 0.5) is 5.69 Å². The van der Waals surface area contributed by atoms with E-state index in [9.17, 15) is 14.9 Å². The van der Waals surface area contributed by atoms with Gasteiger partial charge in [-0.2, -0.15) is 0 Å². The fourth-order valence-corrected chi connectivity index (χ4v) is 1.46. The Morgan fingerprint density at radius 1 is 1.19 bits per heavy atom. The summed E-state index contributed by atoms with van der Waals surface area (Å²) >= 11 is 0. The number of carbonyl (C=O) groups is 1. The van der Waals surface area contributed by atoms with E-state index in [1.165, 1.54) is 20.3 Å². The average molecular weight is 298 g/mol. The first-order chi connectivity index (χ1) is 9.69. The average Bonchev–Trinajstić information content (AvgIpc) is 2.42. The van der Waals surface area contributed by atoms with E-state index in [0.717, 1.165) is 6.07 Å². The smallest absolute Gasteiger partial charge is 0.286 e. The van der Waals surface area contributed by atoms with E-state index < -0.39 is 22.1 Å². The molecule has 0 aliphatic heterocycles. The fourth-order valence-electron chi connectivity index (χ4n) is 1.46. The number of benzene rings is 1. The van der Waals surface area contributed by atoms with Crippen molar-refractivity contribution >= 4 is 11.6 Å². The Morgan fingerprint density at radius 2 is 1.71 bits per heavy atom. The maximum Gasteiger partial charge on any atom is 0.286 e. The van der Waals surface area contributed by atoms with Gasteiger partial charge in [-0.3, -0.25) is 19.7 Å². The number of methoxy groups -OCH3 is 2. The molecule has 1 N–H and O–H groups in total. The lowest BCUT2D eigenvalue weighted by atomic mass is 10.1. The second-order valence-electron chi connectivity index (χ2n) is 5.13. The van der Waals surface area contributed by atoms with Gasteiger partial charge in [-0.1, -0.05) is 0 Å². The third-order valence-corrected chi connectivity index (χ3v) is 2.39. The van der Waals surface area contributed by atoms with Gasteiger partial charge in [-0.05, 0) is 20.8 Å². The quantitative estimate of drug-likeness (QED) is 0.659. The zero-order valence-corrected chi connectivity index (χ0v) is 12.6. The number of ether oxygens (including phenoxy) is 2. The summed E-state index contributed by atoms with van der Waals surface area (Å²) in [5.74, 6) is -0.362. The highest BCUT2D eigenvalue weighted by molar-refractivity contribution is 5.98. The zero-order chi connectivity index (χ0) is 16.2. The predicted molar refractivity (Wildman–Crippen MR) is 74.5 cm³/mol. The van der Waals surface area contributed by atoms with Crippen LogP contribution >= 0.6 is 0 Å². The molecule has 0 atom stereocenters. The molecule has 0 radical (unpaired) electrons. The van der Waals surface area contributed by atoms with Crippen molar-refractivity contribution in [1.82, 2.24) is 5.48 Å². The molecule has 0 unspecified atom stereocenters. The first-order valence-corrected chi connectivity index (χ1v) is 6.08. The number of hydrogen-bond donors (Lipinski definition) is 1. The molecule has 1 aromatic rings. The standard InChI is InChI=1S/C13H18N2O6/c1-13(2,3)21-14-12(16)8-6-10(19-4)11(20-5)7-9(8)15(17)18/h6-7H,1-5H3,(H,14,16). The summed E-state index contributed by atoms with van der Waals surface area (Å²) in [6.45, 7) is 5.20. The molecular weight excluding hydrogens is 280 g/mol. The van der Waals surface area contributed by atoms with Gasteiger partial charge in [0.1, 0.15) is 5.56 Å². The van der Waals surface area contributed by atoms with Crippen LogP contribution in [0, 0.1) is 10.1 Å². The second-order valence-corrected chi connectivity index (χ2v) is 5.13. The number of hydroxylamine groups is 1. The molecule has 8 nitrogen and oxygen atoms in total. The van der Waals surface area contributed by atoms with Crippen LogP contribution in [0.1, 0.15) is 31.1 Å². The minimum absolute atomic E-state index is 0.164. The summed E-state index contributed by atoms with van der Waals surface area (Å²) in [5.41, 5.74) is 0.980. The number of hydrogen-bond acceptors (Lipinski definition) is 6. The molecule has 1 aromatic carbocycles. The van der Waals surface area contributed by atoms with Crippen LogP contribution in [0.15, 0.2) is 12.1 Å². The van der Waals surface area contributed by atoms with Crippen molar-refractivity contribution in [3.63, 3.8) is 0 Å². The largest absolute Gasteiger partial charge is 0.493 e. The van der Waals surface area contributed by atoms with Gasteiger partial charge < -0.3 is 9.47 Å². The minimum Gasteiger partial charge on any atom is -0.493 e. The van der Waals surface area contributed by atoms with Crippen LogP contribution in [-0.4, -0.2) is 30.7 Å². The van der Waals surface area contributed by atoms with E-state index in [-0.39, 0.29) is 17.1 Å². The number of carbonyl (C=O) groups excluding carboxylic acids is 1. The molecule has 0 aliphatic carbocycles. The van der Waals surface area contributed by atoms with Crippen molar-refractivity contribution in [2.24, 2.45) is 0 Å². The van der Waals surface area contributed by atoms with E-state index in [1.54, 1.807) is 20.8 Å². The van der Waals surface area contributed by atoms with E-state index in [4.69, 9.17) is 14.3 Å². The molecule has 0 bridgehead atoms. The molecule has 116 valence electrons. The Morgan fingerprint density at radius 3 is 2.14 bits per heavy atom. The molecule has 0 fully saturated rings. The third-order valence-electron chi connectivity index (χ3n) is 2.39. The highest BCUT2D eigenvalue weighted by Crippen LogP contribution is 2.34. The highest BCUT2D eigenvalue weighted by Gasteiger charge is 2.25. The predicted octanol–water partition coefficient (Wildman–Crippen LogP) is 2.07. The number of rotatable bonds is 5. The van der Waals surface area contributed by atoms with Crippen LogP contribution in [0.5, 0.6) is 11.5 Å². The van der Waals surface area contributed by atoms with Crippen molar-refractivity contribution in [1.29, 1.82) is 0 Å². The monoisotopic (exact) mass is 298 g/mol. The molecule has 0 saturated heterocycles. The summed E-state index contributed by atoms with van der Waals surface area (Å²) < 4.78 is 10.0. The molecule has 0 spiro atoms. The Labute approximate surface area is 122 Å². The number of nitrogens with one attached hydrogen (secondary N) is 1. The summed E-state index contributed by atoms with van der Waals surface area (Å²) in [6.07, 6.45) is 0. The highest BCUT2D eigenvalue weighted by atomic mass is 16.7. The third kappa shape index (κ3) is 4.32. The van der Waals surface area contributed by atoms with E-state index in [1.807, 2.05) is 0 Å². The van der Waals surface area contributed by atoms with Gasteiger partial charge in [-0.25, -0.2) is 5.48 Å². The molecule has 0 aromatic heterocycles. The molecule has 0 aliphatic rings. The summed E-state index contributed by atoms with van der Waals surface area (Å²) in [4.78, 5) is 27.6. The van der Waals surface area contributed by atoms with Crippen LogP contribution in [0.3, 0.4) is 0 Å². The van der Waals surface area contributed by atoms with Crippen molar-refractivity contribution in [3.8, 4) is 11.5 Å². The fraction of sp³-hybridized carbons (Fsp3) is 0.462. The first-order valence-electron chi connectivity index (χ1n) is 6.08. The van der Waals surface area contributed by atoms with E-state index in [0.29, 0.717) is 0 Å². The van der Waals surface area contributed by atoms with Crippen LogP contribution < -0.4 is 15.0 Å². The number of amides is 1. The van der Waals surface area contributed by atoms with Crippen LogP contribution in [-0.2, 0) is 4.84 Å². The normalized spacial score (nSPS) is 10.9. The number of nitrogens with zero attached hydrogens (tertiary/aromatic N) is 1. The van der Waals surface area contributed by atoms with Crippen molar-refractivity contribution < 1.29 is 24.0 Å². The molecule has 1 rings (SSSR count). The first kappa shape index (κ1) is 16.7. The van der Waals surface area contributed by atoms with E-state index >= 15 is 0 Å². The summed E-state index contributed by atoms with van der Waals surface area (Å²) in [6, 6.07) is 2.36. The maximum atomic E-state index is 12.0. The van der Waals surface area contributed by atoms with E-state index in [2.05, 4.69) is 5.48 Å². The summed E-state index contributed by atoms with van der Waals surface area (Å²) in [7, 11) is 2.72. The topological polar surface area (TPSA) is 99.9 Å². The van der Waals surface area contributed by atoms with Crippen LogP contribution in [0.25, 0.3) is 0 Å². The van der Waals surface area contributed by atoms with Gasteiger partial charge in [0.15, 0.2) is 11.5 Å². The Kier molecular flexibility index (Phi) is 5.09. The molecule has 8 heteroatoms. The second kappa shape index (κ2) is 6.40. The van der Waals surface area contributed by atoms with Gasteiger partial charge in [0.05, 0.1) is 30.8 Å². The maximum absolute atomic E-state index is 12.0. The Bertz CT molecular complexity index is 550. The molecular formula is C13H18N2O6. The Hall–Kier alpha value is -2.35. The van der Waals surface area contributed by atoms with Gasteiger partial charge in [-0.15, -0.1) is 0 Å². The Balaban J connectivity index is 3.20. The lowest BCUT2D eigenvalue weighted by Gasteiger charge is -2.19. The van der Waals surface area contributed by atoms with Crippen molar-refractivity contribution in [2.45, 2.75) is 26.4 Å². The lowest BCUT2D eigenvalue weighted by molar-refractivity contribution is -0.385. The van der Waals surface area contributed by atoms with Gasteiger partial charge >= 0.3 is 0 Å². The molecule has 21 heavy (non-hydrogen) atoms. The van der Waals surface area contributed by atoms with Crippen molar-refractivity contribution in [3.05, 3.63) is 27.8 Å². The molecule has 1 amide bonds. The lowest BCUT2D eigenvalue weighted by Crippen LogP contribution is -2.33. The van der Waals surface area contributed by atoms with Gasteiger partial charge in [0, 0.05) is 6.07 Å². The molecule has 0 saturated carbocycles. The summed E-state index contributed by atoms with van der Waals surface area (Å²) in [5, 5.41) is 11.1. The number of nitro benzene ring substituents is 1. The number of nitro groups is 1. The SMILES string of the molecule is COc1cc(C(=O)NOC(C)(C)C)c([N+](=O)[O-])cc1OC. The zero-order valence-electron chi connectivity index (χ0n) is 12.6. The van der Waals surface area contributed by atoms with Crippen LogP contribution in [0.2, 0.25) is 0 Å². The van der Waals surface area contributed by atoms with Gasteiger partial charge in [0.2, 0.25) is 0 Å².